The summed E-state index contributed by atoms with van der Waals surface area (Å²) in [7, 11) is 0. The summed E-state index contributed by atoms with van der Waals surface area (Å²) in [5, 5.41) is 22.3. The average Bonchev–Trinajstić information content (AvgIpc) is 2.36. The van der Waals surface area contributed by atoms with Crippen LogP contribution < -0.4 is 5.32 Å². The molecule has 0 heterocycles. The first-order chi connectivity index (χ1) is 9.31. The van der Waals surface area contributed by atoms with E-state index in [2.05, 4.69) is 5.32 Å². The topological polar surface area (TPSA) is 69.6 Å². The highest BCUT2D eigenvalue weighted by atomic mass is 19.1. The van der Waals surface area contributed by atoms with Crippen molar-refractivity contribution >= 4 is 5.97 Å². The normalized spacial score (nSPS) is 14.3. The molecule has 0 aliphatic rings. The molecule has 0 amide bonds. The van der Waals surface area contributed by atoms with E-state index in [4.69, 9.17) is 5.11 Å². The standard InChI is InChI=1S/C15H22FNO3/c1-9(2)17-13(6-7-14(18)19)15(20)11-4-5-12(16)10(3)8-11/h4-5,8-9,13,15,17,20H,6-7H2,1-3H3,(H,18,19). The lowest BCUT2D eigenvalue weighted by atomic mass is 9.96. The number of benzene rings is 1. The molecule has 0 aromatic heterocycles. The molecule has 0 aliphatic carbocycles. The number of carbonyl (C=O) groups is 1. The first-order valence-electron chi connectivity index (χ1n) is 6.73. The summed E-state index contributed by atoms with van der Waals surface area (Å²) in [5.41, 5.74) is 1.05. The van der Waals surface area contributed by atoms with Gasteiger partial charge in [-0.2, -0.15) is 0 Å². The fourth-order valence-corrected chi connectivity index (χ4v) is 2.12. The van der Waals surface area contributed by atoms with Crippen LogP contribution in [0.5, 0.6) is 0 Å². The molecule has 0 bridgehead atoms. The summed E-state index contributed by atoms with van der Waals surface area (Å²) in [6, 6.07) is 4.18. The highest BCUT2D eigenvalue weighted by Crippen LogP contribution is 2.22. The van der Waals surface area contributed by atoms with E-state index in [1.54, 1.807) is 13.0 Å². The molecule has 112 valence electrons. The van der Waals surface area contributed by atoms with Gasteiger partial charge in [-0.3, -0.25) is 4.79 Å². The highest BCUT2D eigenvalue weighted by molar-refractivity contribution is 5.66. The maximum absolute atomic E-state index is 13.3. The van der Waals surface area contributed by atoms with Gasteiger partial charge in [0.1, 0.15) is 5.82 Å². The van der Waals surface area contributed by atoms with Crippen molar-refractivity contribution in [1.82, 2.24) is 5.32 Å². The Labute approximate surface area is 118 Å². The van der Waals surface area contributed by atoms with Crippen LogP contribution in [-0.2, 0) is 4.79 Å². The van der Waals surface area contributed by atoms with Gasteiger partial charge in [0, 0.05) is 18.5 Å². The smallest absolute Gasteiger partial charge is 0.303 e. The maximum Gasteiger partial charge on any atom is 0.303 e. The van der Waals surface area contributed by atoms with E-state index in [1.807, 2.05) is 13.8 Å². The number of halogens is 1. The van der Waals surface area contributed by atoms with Crippen LogP contribution >= 0.6 is 0 Å². The number of carboxylic acids is 1. The number of carboxylic acid groups (broad SMARTS) is 1. The van der Waals surface area contributed by atoms with Crippen molar-refractivity contribution in [3.8, 4) is 0 Å². The largest absolute Gasteiger partial charge is 0.481 e. The van der Waals surface area contributed by atoms with Crippen LogP contribution in [0.4, 0.5) is 4.39 Å². The molecule has 1 aromatic rings. The van der Waals surface area contributed by atoms with Gasteiger partial charge in [0.15, 0.2) is 0 Å². The molecule has 4 nitrogen and oxygen atoms in total. The van der Waals surface area contributed by atoms with Gasteiger partial charge in [-0.1, -0.05) is 26.0 Å². The number of aliphatic hydroxyl groups excluding tert-OH is 1. The van der Waals surface area contributed by atoms with Gasteiger partial charge in [0.25, 0.3) is 0 Å². The second-order valence-electron chi connectivity index (χ2n) is 5.31. The van der Waals surface area contributed by atoms with E-state index in [0.717, 1.165) is 0 Å². The molecule has 0 spiro atoms. The summed E-state index contributed by atoms with van der Waals surface area (Å²) in [6.45, 7) is 5.49. The van der Waals surface area contributed by atoms with E-state index in [0.29, 0.717) is 17.5 Å². The fraction of sp³-hybridized carbons (Fsp3) is 0.533. The Morgan fingerprint density at radius 3 is 2.55 bits per heavy atom. The molecule has 0 radical (unpaired) electrons. The number of nitrogens with one attached hydrogen (secondary N) is 1. The number of aliphatic carboxylic acids is 1. The minimum atomic E-state index is -0.900. The predicted octanol–water partition coefficient (Wildman–Crippen LogP) is 2.40. The van der Waals surface area contributed by atoms with Gasteiger partial charge in [-0.05, 0) is 30.5 Å². The van der Waals surface area contributed by atoms with Crippen LogP contribution in [-0.4, -0.2) is 28.3 Å². The molecular formula is C15H22FNO3. The third kappa shape index (κ3) is 4.90. The molecular weight excluding hydrogens is 261 g/mol. The molecule has 1 rings (SSSR count). The average molecular weight is 283 g/mol. The van der Waals surface area contributed by atoms with E-state index in [1.165, 1.54) is 12.1 Å². The van der Waals surface area contributed by atoms with Crippen molar-refractivity contribution in [2.45, 2.75) is 51.8 Å². The fourth-order valence-electron chi connectivity index (χ4n) is 2.12. The van der Waals surface area contributed by atoms with Gasteiger partial charge >= 0.3 is 5.97 Å². The summed E-state index contributed by atoms with van der Waals surface area (Å²) < 4.78 is 13.3. The van der Waals surface area contributed by atoms with Gasteiger partial charge in [0.2, 0.25) is 0 Å². The van der Waals surface area contributed by atoms with Crippen LogP contribution in [0.2, 0.25) is 0 Å². The van der Waals surface area contributed by atoms with Gasteiger partial charge in [-0.15, -0.1) is 0 Å². The zero-order chi connectivity index (χ0) is 15.3. The van der Waals surface area contributed by atoms with Crippen LogP contribution in [0.25, 0.3) is 0 Å². The highest BCUT2D eigenvalue weighted by Gasteiger charge is 2.22. The Balaban J connectivity index is 2.87. The van der Waals surface area contributed by atoms with Crippen molar-refractivity contribution in [1.29, 1.82) is 0 Å². The van der Waals surface area contributed by atoms with E-state index in [-0.39, 0.29) is 24.3 Å². The second kappa shape index (κ2) is 7.36. The Morgan fingerprint density at radius 2 is 2.05 bits per heavy atom. The Hall–Kier alpha value is -1.46. The van der Waals surface area contributed by atoms with E-state index in [9.17, 15) is 14.3 Å². The summed E-state index contributed by atoms with van der Waals surface area (Å²) >= 11 is 0. The lowest BCUT2D eigenvalue weighted by Gasteiger charge is -2.26. The molecule has 2 unspecified atom stereocenters. The molecule has 3 N–H and O–H groups in total. The van der Waals surface area contributed by atoms with Gasteiger partial charge in [0.05, 0.1) is 6.10 Å². The molecule has 1 aromatic carbocycles. The first-order valence-corrected chi connectivity index (χ1v) is 6.73. The maximum atomic E-state index is 13.3. The first kappa shape index (κ1) is 16.6. The quantitative estimate of drug-likeness (QED) is 0.718. The SMILES string of the molecule is Cc1cc(C(O)C(CCC(=O)O)NC(C)C)ccc1F. The molecule has 2 atom stereocenters. The number of rotatable bonds is 7. The van der Waals surface area contributed by atoms with E-state index < -0.39 is 12.1 Å². The van der Waals surface area contributed by atoms with Crippen LogP contribution in [0.3, 0.4) is 0 Å². The second-order valence-corrected chi connectivity index (χ2v) is 5.31. The lowest BCUT2D eigenvalue weighted by Crippen LogP contribution is -2.39. The molecule has 0 fully saturated rings. The van der Waals surface area contributed by atoms with Crippen molar-refractivity contribution < 1.29 is 19.4 Å². The predicted molar refractivity (Wildman–Crippen MR) is 75.0 cm³/mol. The number of aryl methyl sites for hydroxylation is 1. The monoisotopic (exact) mass is 283 g/mol. The number of hydrogen-bond donors (Lipinski definition) is 3. The zero-order valence-electron chi connectivity index (χ0n) is 12.1. The van der Waals surface area contributed by atoms with Gasteiger partial charge < -0.3 is 15.5 Å². The zero-order valence-corrected chi connectivity index (χ0v) is 12.1. The van der Waals surface area contributed by atoms with Crippen LogP contribution in [0.15, 0.2) is 18.2 Å². The molecule has 5 heteroatoms. The van der Waals surface area contributed by atoms with Crippen molar-refractivity contribution in [3.63, 3.8) is 0 Å². The summed E-state index contributed by atoms with van der Waals surface area (Å²) in [6.07, 6.45) is -0.580. The number of hydrogen-bond acceptors (Lipinski definition) is 3. The van der Waals surface area contributed by atoms with Crippen LogP contribution in [0, 0.1) is 12.7 Å². The van der Waals surface area contributed by atoms with Crippen molar-refractivity contribution in [2.24, 2.45) is 0 Å². The van der Waals surface area contributed by atoms with E-state index >= 15 is 0 Å². The molecule has 20 heavy (non-hydrogen) atoms. The van der Waals surface area contributed by atoms with Crippen LogP contribution in [0.1, 0.15) is 43.9 Å². The van der Waals surface area contributed by atoms with Crippen molar-refractivity contribution in [2.75, 3.05) is 0 Å². The molecule has 0 aliphatic heterocycles. The Kier molecular flexibility index (Phi) is 6.10. The minimum absolute atomic E-state index is 0.0262. The molecule has 0 saturated heterocycles. The third-order valence-electron chi connectivity index (χ3n) is 3.12. The van der Waals surface area contributed by atoms with Gasteiger partial charge in [-0.25, -0.2) is 4.39 Å². The summed E-state index contributed by atoms with van der Waals surface area (Å²) in [5.74, 6) is -1.22. The Bertz CT molecular complexity index is 462. The molecule has 0 saturated carbocycles. The number of aliphatic hydroxyl groups is 1. The summed E-state index contributed by atoms with van der Waals surface area (Å²) in [4.78, 5) is 10.7. The van der Waals surface area contributed by atoms with Crippen molar-refractivity contribution in [3.05, 3.63) is 35.1 Å². The lowest BCUT2D eigenvalue weighted by molar-refractivity contribution is -0.137. The third-order valence-corrected chi connectivity index (χ3v) is 3.12. The Morgan fingerprint density at radius 1 is 1.40 bits per heavy atom. The minimum Gasteiger partial charge on any atom is -0.481 e.